The average Bonchev–Trinajstić information content (AvgIpc) is 2.15. The van der Waals surface area contributed by atoms with E-state index in [2.05, 4.69) is 5.29 Å². The minimum absolute atomic E-state index is 0.111. The number of hydrogen-bond donors (Lipinski definition) is 1. The zero-order valence-corrected chi connectivity index (χ0v) is 6.88. The molecular weight excluding hydrogens is 170 g/mol. The Morgan fingerprint density at radius 2 is 2.00 bits per heavy atom. The van der Waals surface area contributed by atoms with Crippen LogP contribution in [0.5, 0.6) is 0 Å². The highest BCUT2D eigenvalue weighted by atomic mass is 16.3. The van der Waals surface area contributed by atoms with Gasteiger partial charge in [0.25, 0.3) is 0 Å². The van der Waals surface area contributed by atoms with E-state index in [9.17, 15) is 9.70 Å². The van der Waals surface area contributed by atoms with Crippen LogP contribution in [0.15, 0.2) is 35.6 Å². The van der Waals surface area contributed by atoms with Crippen LogP contribution < -0.4 is 5.73 Å². The Morgan fingerprint density at radius 1 is 1.38 bits per heavy atom. The van der Waals surface area contributed by atoms with E-state index in [-0.39, 0.29) is 6.54 Å². The number of primary amides is 1. The van der Waals surface area contributed by atoms with Crippen LogP contribution in [0, 0.1) is 4.91 Å². The third-order valence-corrected chi connectivity index (χ3v) is 1.53. The monoisotopic (exact) mass is 179 g/mol. The quantitative estimate of drug-likeness (QED) is 0.560. The molecule has 0 spiro atoms. The van der Waals surface area contributed by atoms with Crippen LogP contribution in [0.1, 0.15) is 5.56 Å². The lowest BCUT2D eigenvalue weighted by molar-refractivity contribution is 0.206. The summed E-state index contributed by atoms with van der Waals surface area (Å²) in [5.74, 6) is 0. The van der Waals surface area contributed by atoms with Crippen LogP contribution in [-0.4, -0.2) is 11.0 Å². The molecule has 1 aromatic rings. The fourth-order valence-electron chi connectivity index (χ4n) is 0.903. The molecule has 1 aromatic carbocycles. The van der Waals surface area contributed by atoms with Gasteiger partial charge in [0.15, 0.2) is 0 Å². The normalized spacial score (nSPS) is 9.23. The Hall–Kier alpha value is -1.91. The van der Waals surface area contributed by atoms with Crippen molar-refractivity contribution in [1.29, 1.82) is 0 Å². The second-order valence-electron chi connectivity index (χ2n) is 2.46. The number of nitrogens with two attached hydrogens (primary N) is 1. The molecule has 0 saturated carbocycles. The van der Waals surface area contributed by atoms with Gasteiger partial charge in [0.1, 0.15) is 0 Å². The fourth-order valence-corrected chi connectivity index (χ4v) is 0.903. The van der Waals surface area contributed by atoms with Gasteiger partial charge in [-0.1, -0.05) is 30.3 Å². The first-order chi connectivity index (χ1) is 6.24. The molecule has 0 saturated heterocycles. The van der Waals surface area contributed by atoms with Crippen LogP contribution in [0.3, 0.4) is 0 Å². The standard InChI is InChI=1S/C8H9N3O2/c9-8(12)11(10-13)6-7-4-2-1-3-5-7/h1-5H,6H2,(H2,9,12). The zero-order chi connectivity index (χ0) is 9.68. The van der Waals surface area contributed by atoms with E-state index in [1.165, 1.54) is 0 Å². The van der Waals surface area contributed by atoms with Crippen LogP contribution >= 0.6 is 0 Å². The van der Waals surface area contributed by atoms with Gasteiger partial charge in [0.05, 0.1) is 11.8 Å². The van der Waals surface area contributed by atoms with Gasteiger partial charge in [-0.3, -0.25) is 0 Å². The number of carbonyl (C=O) groups is 1. The minimum Gasteiger partial charge on any atom is -0.350 e. The molecule has 68 valence electrons. The lowest BCUT2D eigenvalue weighted by Crippen LogP contribution is -2.30. The summed E-state index contributed by atoms with van der Waals surface area (Å²) in [6.45, 7) is 0.111. The molecule has 0 aliphatic carbocycles. The van der Waals surface area contributed by atoms with Gasteiger partial charge >= 0.3 is 6.03 Å². The van der Waals surface area contributed by atoms with Gasteiger partial charge in [0.2, 0.25) is 0 Å². The van der Waals surface area contributed by atoms with Gasteiger partial charge in [-0.15, -0.1) is 4.91 Å². The van der Waals surface area contributed by atoms with Crippen molar-refractivity contribution in [2.45, 2.75) is 6.54 Å². The lowest BCUT2D eigenvalue weighted by Gasteiger charge is -2.09. The summed E-state index contributed by atoms with van der Waals surface area (Å²) in [7, 11) is 0. The largest absolute Gasteiger partial charge is 0.350 e. The van der Waals surface area contributed by atoms with Crippen molar-refractivity contribution < 1.29 is 4.79 Å². The minimum atomic E-state index is -0.848. The fraction of sp³-hybridized carbons (Fsp3) is 0.125. The van der Waals surface area contributed by atoms with Gasteiger partial charge in [-0.05, 0) is 5.56 Å². The van der Waals surface area contributed by atoms with Crippen molar-refractivity contribution in [1.82, 2.24) is 5.01 Å². The van der Waals surface area contributed by atoms with Crippen molar-refractivity contribution in [2.24, 2.45) is 11.0 Å². The molecule has 0 aliphatic heterocycles. The zero-order valence-electron chi connectivity index (χ0n) is 6.88. The number of benzene rings is 1. The molecule has 0 fully saturated rings. The third-order valence-electron chi connectivity index (χ3n) is 1.53. The second kappa shape index (κ2) is 4.20. The molecular formula is C8H9N3O2. The van der Waals surface area contributed by atoms with Gasteiger partial charge in [-0.2, -0.15) is 5.01 Å². The summed E-state index contributed by atoms with van der Waals surface area (Å²) < 4.78 is 0. The third kappa shape index (κ3) is 2.55. The van der Waals surface area contributed by atoms with Gasteiger partial charge in [0, 0.05) is 0 Å². The first-order valence-corrected chi connectivity index (χ1v) is 3.68. The maximum absolute atomic E-state index is 10.6. The molecule has 0 heterocycles. The maximum Gasteiger partial charge on any atom is 0.338 e. The Bertz CT molecular complexity index is 300. The molecule has 2 amide bonds. The summed E-state index contributed by atoms with van der Waals surface area (Å²) in [6, 6.07) is 8.16. The molecule has 1 rings (SSSR count). The van der Waals surface area contributed by atoms with Crippen LogP contribution in [-0.2, 0) is 6.54 Å². The van der Waals surface area contributed by atoms with E-state index in [4.69, 9.17) is 5.73 Å². The predicted molar refractivity (Wildman–Crippen MR) is 47.4 cm³/mol. The first kappa shape index (κ1) is 9.18. The van der Waals surface area contributed by atoms with Crippen molar-refractivity contribution in [2.75, 3.05) is 0 Å². The van der Waals surface area contributed by atoms with E-state index in [0.29, 0.717) is 5.01 Å². The van der Waals surface area contributed by atoms with E-state index < -0.39 is 6.03 Å². The Balaban J connectivity index is 2.67. The molecule has 5 nitrogen and oxygen atoms in total. The molecule has 5 heteroatoms. The summed E-state index contributed by atoms with van der Waals surface area (Å²) in [5, 5.41) is 3.15. The topological polar surface area (TPSA) is 75.8 Å². The number of amides is 2. The van der Waals surface area contributed by atoms with Crippen molar-refractivity contribution >= 4 is 6.03 Å². The smallest absolute Gasteiger partial charge is 0.338 e. The van der Waals surface area contributed by atoms with E-state index in [1.807, 2.05) is 6.07 Å². The number of carbonyl (C=O) groups excluding carboxylic acids is 1. The average molecular weight is 179 g/mol. The van der Waals surface area contributed by atoms with Crippen molar-refractivity contribution in [3.63, 3.8) is 0 Å². The van der Waals surface area contributed by atoms with Gasteiger partial charge in [-0.25, -0.2) is 4.79 Å². The van der Waals surface area contributed by atoms with E-state index >= 15 is 0 Å². The number of nitroso groups, excluding NO2 is 1. The summed E-state index contributed by atoms with van der Waals surface area (Å²) >= 11 is 0. The Morgan fingerprint density at radius 3 is 2.46 bits per heavy atom. The molecule has 0 aromatic heterocycles. The van der Waals surface area contributed by atoms with Crippen LogP contribution in [0.4, 0.5) is 4.79 Å². The molecule has 0 atom stereocenters. The molecule has 13 heavy (non-hydrogen) atoms. The SMILES string of the molecule is NC(=O)N(Cc1ccccc1)N=O. The summed E-state index contributed by atoms with van der Waals surface area (Å²) in [6.07, 6.45) is 0. The first-order valence-electron chi connectivity index (χ1n) is 3.68. The van der Waals surface area contributed by atoms with E-state index in [1.54, 1.807) is 24.3 Å². The Kier molecular flexibility index (Phi) is 2.97. The summed E-state index contributed by atoms with van der Waals surface area (Å²) in [4.78, 5) is 20.7. The molecule has 0 radical (unpaired) electrons. The predicted octanol–water partition coefficient (Wildman–Crippen LogP) is 1.25. The highest BCUT2D eigenvalue weighted by Crippen LogP contribution is 2.03. The molecule has 0 bridgehead atoms. The number of hydrogen-bond acceptors (Lipinski definition) is 3. The van der Waals surface area contributed by atoms with Crippen molar-refractivity contribution in [3.05, 3.63) is 40.8 Å². The maximum atomic E-state index is 10.6. The van der Waals surface area contributed by atoms with Crippen LogP contribution in [0.25, 0.3) is 0 Å². The number of rotatable bonds is 3. The lowest BCUT2D eigenvalue weighted by atomic mass is 10.2. The summed E-state index contributed by atoms with van der Waals surface area (Å²) in [5.41, 5.74) is 5.69. The number of urea groups is 1. The highest BCUT2D eigenvalue weighted by molar-refractivity contribution is 5.71. The molecule has 2 N–H and O–H groups in total. The van der Waals surface area contributed by atoms with Crippen LogP contribution in [0.2, 0.25) is 0 Å². The van der Waals surface area contributed by atoms with Gasteiger partial charge < -0.3 is 5.73 Å². The number of nitrogens with zero attached hydrogens (tertiary/aromatic N) is 2. The molecule has 0 aliphatic rings. The van der Waals surface area contributed by atoms with Crippen molar-refractivity contribution in [3.8, 4) is 0 Å². The highest BCUT2D eigenvalue weighted by Gasteiger charge is 2.09. The second-order valence-corrected chi connectivity index (χ2v) is 2.46. The van der Waals surface area contributed by atoms with E-state index in [0.717, 1.165) is 5.56 Å². The molecule has 0 unspecified atom stereocenters. The Labute approximate surface area is 75.1 Å².